The monoisotopic (exact) mass is 436 g/mol. The lowest BCUT2D eigenvalue weighted by Gasteiger charge is -2.33. The van der Waals surface area contributed by atoms with Gasteiger partial charge in [0.25, 0.3) is 0 Å². The van der Waals surface area contributed by atoms with Gasteiger partial charge < -0.3 is 14.4 Å². The molecule has 0 aliphatic carbocycles. The van der Waals surface area contributed by atoms with Crippen LogP contribution in [-0.4, -0.2) is 65.9 Å². The van der Waals surface area contributed by atoms with E-state index in [4.69, 9.17) is 14.5 Å². The van der Waals surface area contributed by atoms with Gasteiger partial charge in [0.1, 0.15) is 11.9 Å². The first-order valence-electron chi connectivity index (χ1n) is 11.5. The normalized spacial score (nSPS) is 18.6. The third-order valence-electron chi connectivity index (χ3n) is 5.82. The van der Waals surface area contributed by atoms with Crippen LogP contribution >= 0.6 is 0 Å². The number of carbonyl (C=O) groups excluding carboxylic acids is 1. The largest absolute Gasteiger partial charge is 0.494 e. The highest BCUT2D eigenvalue weighted by molar-refractivity contribution is 5.83. The van der Waals surface area contributed by atoms with Crippen molar-refractivity contribution in [3.8, 4) is 5.75 Å². The summed E-state index contributed by atoms with van der Waals surface area (Å²) in [5.74, 6) is 1.04. The van der Waals surface area contributed by atoms with Crippen molar-refractivity contribution < 1.29 is 14.3 Å². The highest BCUT2D eigenvalue weighted by Gasteiger charge is 2.26. The van der Waals surface area contributed by atoms with E-state index in [0.29, 0.717) is 39.3 Å². The van der Waals surface area contributed by atoms with E-state index in [9.17, 15) is 4.79 Å². The molecule has 7 nitrogen and oxygen atoms in total. The maximum Gasteiger partial charge on any atom is 0.224 e. The number of hydrogen-bond donors (Lipinski definition) is 0. The first-order valence-corrected chi connectivity index (χ1v) is 11.5. The molecule has 1 atom stereocenters. The molecular weight excluding hydrogens is 404 g/mol. The lowest BCUT2D eigenvalue weighted by molar-refractivity contribution is -0.139. The van der Waals surface area contributed by atoms with Gasteiger partial charge in [-0.1, -0.05) is 18.2 Å². The third kappa shape index (κ3) is 5.85. The molecule has 2 aromatic rings. The predicted octanol–water partition coefficient (Wildman–Crippen LogP) is 3.44. The Morgan fingerprint density at radius 3 is 2.78 bits per heavy atom. The topological polar surface area (TPSA) is 67.3 Å². The number of aromatic nitrogens is 1. The minimum atomic E-state index is -0.194. The summed E-state index contributed by atoms with van der Waals surface area (Å²) < 4.78 is 11.5. The third-order valence-corrected chi connectivity index (χ3v) is 5.82. The summed E-state index contributed by atoms with van der Waals surface area (Å²) in [6, 6.07) is 14.2. The van der Waals surface area contributed by atoms with Crippen LogP contribution in [0.15, 0.2) is 47.6 Å². The second-order valence-corrected chi connectivity index (χ2v) is 8.30. The maximum absolute atomic E-state index is 12.8. The Balaban J connectivity index is 1.34. The van der Waals surface area contributed by atoms with Crippen molar-refractivity contribution in [3.05, 3.63) is 59.4 Å². The van der Waals surface area contributed by atoms with Crippen molar-refractivity contribution in [2.75, 3.05) is 39.4 Å². The van der Waals surface area contributed by atoms with E-state index in [-0.39, 0.29) is 12.0 Å². The van der Waals surface area contributed by atoms with E-state index in [0.717, 1.165) is 42.2 Å². The van der Waals surface area contributed by atoms with Crippen LogP contribution in [0.1, 0.15) is 49.7 Å². The SMILES string of the molecule is CCOc1ccc(Cc2cccc([C@H]3CN(C(=O)CCN4CCC(C)=N4)CCO3)n2)cc1. The number of carbonyl (C=O) groups is 1. The molecule has 32 heavy (non-hydrogen) atoms. The van der Waals surface area contributed by atoms with Crippen molar-refractivity contribution in [1.82, 2.24) is 14.9 Å². The smallest absolute Gasteiger partial charge is 0.224 e. The Kier molecular flexibility index (Phi) is 7.37. The Labute approximate surface area is 190 Å². The molecule has 170 valence electrons. The standard InChI is InChI=1S/C25H32N4O3/c1-3-31-22-9-7-20(8-10-22)17-21-5-4-6-23(26-21)24-18-28(15-16-32-24)25(30)12-14-29-13-11-19(2)27-29/h4-10,24H,3,11-18H2,1-2H3/t24-/m1/s1. The maximum atomic E-state index is 12.8. The summed E-state index contributed by atoms with van der Waals surface area (Å²) in [4.78, 5) is 19.5. The second kappa shape index (κ2) is 10.6. The molecule has 3 heterocycles. The number of pyridine rings is 1. The lowest BCUT2D eigenvalue weighted by atomic mass is 10.1. The number of amides is 1. The Bertz CT molecular complexity index is 944. The quantitative estimate of drug-likeness (QED) is 0.634. The van der Waals surface area contributed by atoms with Gasteiger partial charge in [0.05, 0.1) is 25.5 Å². The van der Waals surface area contributed by atoms with Crippen LogP contribution in [0.5, 0.6) is 5.75 Å². The Hall–Kier alpha value is -2.93. The van der Waals surface area contributed by atoms with Crippen LogP contribution in [0.2, 0.25) is 0 Å². The molecule has 1 fully saturated rings. The van der Waals surface area contributed by atoms with Crippen LogP contribution in [-0.2, 0) is 16.0 Å². The molecular formula is C25H32N4O3. The molecule has 0 radical (unpaired) electrons. The molecule has 0 saturated carbocycles. The van der Waals surface area contributed by atoms with Crippen LogP contribution in [0.4, 0.5) is 0 Å². The Morgan fingerprint density at radius 1 is 1.19 bits per heavy atom. The highest BCUT2D eigenvalue weighted by Crippen LogP contribution is 2.23. The zero-order valence-corrected chi connectivity index (χ0v) is 19.0. The van der Waals surface area contributed by atoms with Crippen molar-refractivity contribution >= 4 is 11.6 Å². The fourth-order valence-electron chi connectivity index (χ4n) is 4.09. The van der Waals surface area contributed by atoms with Gasteiger partial charge in [-0.2, -0.15) is 5.10 Å². The van der Waals surface area contributed by atoms with E-state index in [1.165, 1.54) is 5.56 Å². The van der Waals surface area contributed by atoms with E-state index in [2.05, 4.69) is 17.2 Å². The van der Waals surface area contributed by atoms with Crippen LogP contribution in [0.25, 0.3) is 0 Å². The summed E-state index contributed by atoms with van der Waals surface area (Å²) in [6.07, 6.45) is 2.02. The van der Waals surface area contributed by atoms with Gasteiger partial charge in [0, 0.05) is 50.3 Å². The lowest BCUT2D eigenvalue weighted by Crippen LogP contribution is -2.43. The van der Waals surface area contributed by atoms with Crippen molar-refractivity contribution in [1.29, 1.82) is 0 Å². The van der Waals surface area contributed by atoms with Crippen molar-refractivity contribution in [2.45, 2.75) is 39.2 Å². The zero-order valence-electron chi connectivity index (χ0n) is 19.0. The van der Waals surface area contributed by atoms with Gasteiger partial charge >= 0.3 is 0 Å². The average Bonchev–Trinajstić information content (AvgIpc) is 3.24. The first-order chi connectivity index (χ1) is 15.6. The number of hydrogen-bond acceptors (Lipinski definition) is 6. The summed E-state index contributed by atoms with van der Waals surface area (Å²) in [7, 11) is 0. The van der Waals surface area contributed by atoms with E-state index in [1.54, 1.807) is 0 Å². The minimum absolute atomic E-state index is 0.156. The number of benzene rings is 1. The van der Waals surface area contributed by atoms with Gasteiger partial charge in [-0.3, -0.25) is 14.8 Å². The molecule has 1 saturated heterocycles. The van der Waals surface area contributed by atoms with Gasteiger partial charge in [-0.05, 0) is 43.7 Å². The van der Waals surface area contributed by atoms with Gasteiger partial charge in [-0.15, -0.1) is 0 Å². The van der Waals surface area contributed by atoms with Crippen molar-refractivity contribution in [2.24, 2.45) is 5.10 Å². The van der Waals surface area contributed by atoms with Gasteiger partial charge in [0.2, 0.25) is 5.91 Å². The van der Waals surface area contributed by atoms with E-state index >= 15 is 0 Å². The second-order valence-electron chi connectivity index (χ2n) is 8.30. The van der Waals surface area contributed by atoms with Gasteiger partial charge in [-0.25, -0.2) is 0 Å². The van der Waals surface area contributed by atoms with Crippen LogP contribution < -0.4 is 4.74 Å². The number of ether oxygens (including phenoxy) is 2. The summed E-state index contributed by atoms with van der Waals surface area (Å²) >= 11 is 0. The zero-order chi connectivity index (χ0) is 22.3. The molecule has 0 bridgehead atoms. The number of hydrazone groups is 1. The Morgan fingerprint density at radius 2 is 2.03 bits per heavy atom. The highest BCUT2D eigenvalue weighted by atomic mass is 16.5. The molecule has 0 unspecified atom stereocenters. The predicted molar refractivity (Wildman–Crippen MR) is 124 cm³/mol. The summed E-state index contributed by atoms with van der Waals surface area (Å²) in [5, 5.41) is 6.46. The molecule has 2 aliphatic heterocycles. The average molecular weight is 437 g/mol. The molecule has 2 aliphatic rings. The van der Waals surface area contributed by atoms with Crippen LogP contribution in [0.3, 0.4) is 0 Å². The molecule has 0 spiro atoms. The molecule has 1 amide bonds. The van der Waals surface area contributed by atoms with E-state index < -0.39 is 0 Å². The summed E-state index contributed by atoms with van der Waals surface area (Å²) in [5.41, 5.74) is 4.19. The molecule has 7 heteroatoms. The first kappa shape index (κ1) is 22.3. The summed E-state index contributed by atoms with van der Waals surface area (Å²) in [6.45, 7) is 7.96. The fraction of sp³-hybridized carbons (Fsp3) is 0.480. The fourth-order valence-corrected chi connectivity index (χ4v) is 4.09. The molecule has 1 aromatic heterocycles. The van der Waals surface area contributed by atoms with Crippen LogP contribution in [0, 0.1) is 0 Å². The number of rotatable bonds is 8. The number of morpholine rings is 1. The molecule has 4 rings (SSSR count). The molecule has 1 aromatic carbocycles. The van der Waals surface area contributed by atoms with E-state index in [1.807, 2.05) is 54.1 Å². The van der Waals surface area contributed by atoms with Gasteiger partial charge in [0.15, 0.2) is 0 Å². The van der Waals surface area contributed by atoms with Crippen molar-refractivity contribution in [3.63, 3.8) is 0 Å². The number of nitrogens with zero attached hydrogens (tertiary/aromatic N) is 4. The minimum Gasteiger partial charge on any atom is -0.494 e. The molecule has 0 N–H and O–H groups in total.